The van der Waals surface area contributed by atoms with Crippen LogP contribution in [-0.2, 0) is 11.3 Å². The third kappa shape index (κ3) is 2.76. The van der Waals surface area contributed by atoms with Crippen molar-refractivity contribution >= 4 is 10.8 Å². The molecule has 1 heterocycles. The van der Waals surface area contributed by atoms with Crippen LogP contribution in [0.1, 0.15) is 17.5 Å². The van der Waals surface area contributed by atoms with Crippen molar-refractivity contribution in [2.45, 2.75) is 19.1 Å². The van der Waals surface area contributed by atoms with E-state index in [4.69, 9.17) is 10.00 Å². The van der Waals surface area contributed by atoms with Crippen LogP contribution in [0, 0.1) is 11.3 Å². The lowest BCUT2D eigenvalue weighted by Crippen LogP contribution is -2.16. The molecule has 1 unspecified atom stereocenters. The Balaban J connectivity index is 1.76. The molecule has 3 nitrogen and oxygen atoms in total. The van der Waals surface area contributed by atoms with Crippen molar-refractivity contribution in [1.29, 1.82) is 5.26 Å². The molecule has 1 atom stereocenters. The highest BCUT2D eigenvalue weighted by Crippen LogP contribution is 2.19. The predicted octanol–water partition coefficient (Wildman–Crippen LogP) is 2.59. The van der Waals surface area contributed by atoms with Gasteiger partial charge in [-0.1, -0.05) is 18.2 Å². The van der Waals surface area contributed by atoms with Gasteiger partial charge in [0, 0.05) is 6.54 Å². The van der Waals surface area contributed by atoms with Crippen LogP contribution in [-0.4, -0.2) is 19.2 Å². The third-order valence-electron chi connectivity index (χ3n) is 3.53. The number of nitriles is 1. The fourth-order valence-electron chi connectivity index (χ4n) is 2.44. The van der Waals surface area contributed by atoms with Crippen LogP contribution in [0.4, 0.5) is 0 Å². The molecule has 3 rings (SSSR count). The van der Waals surface area contributed by atoms with Crippen molar-refractivity contribution in [3.8, 4) is 6.07 Å². The highest BCUT2D eigenvalue weighted by Gasteiger charge is 2.14. The van der Waals surface area contributed by atoms with E-state index in [0.717, 1.165) is 30.3 Å². The highest BCUT2D eigenvalue weighted by atomic mass is 16.5. The van der Waals surface area contributed by atoms with E-state index in [1.807, 2.05) is 18.2 Å². The minimum absolute atomic E-state index is 0.344. The van der Waals surface area contributed by atoms with Crippen LogP contribution in [0.5, 0.6) is 0 Å². The van der Waals surface area contributed by atoms with Gasteiger partial charge in [-0.05, 0) is 47.5 Å². The lowest BCUT2D eigenvalue weighted by atomic mass is 10.0. The number of nitrogens with zero attached hydrogens (tertiary/aromatic N) is 1. The molecule has 2 aromatic rings. The monoisotopic (exact) mass is 252 g/mol. The smallest absolute Gasteiger partial charge is 0.0991 e. The van der Waals surface area contributed by atoms with Crippen LogP contribution < -0.4 is 5.32 Å². The van der Waals surface area contributed by atoms with Crippen LogP contribution in [0.3, 0.4) is 0 Å². The molecule has 0 bridgehead atoms. The van der Waals surface area contributed by atoms with E-state index in [9.17, 15) is 0 Å². The summed E-state index contributed by atoms with van der Waals surface area (Å²) >= 11 is 0. The maximum atomic E-state index is 8.88. The van der Waals surface area contributed by atoms with E-state index in [2.05, 4.69) is 29.6 Å². The zero-order valence-corrected chi connectivity index (χ0v) is 10.7. The summed E-state index contributed by atoms with van der Waals surface area (Å²) in [6.07, 6.45) is 1.44. The minimum atomic E-state index is 0.344. The lowest BCUT2D eigenvalue weighted by Gasteiger charge is -2.11. The molecule has 0 aromatic heterocycles. The van der Waals surface area contributed by atoms with Crippen molar-refractivity contribution in [2.24, 2.45) is 0 Å². The van der Waals surface area contributed by atoms with Gasteiger partial charge in [0.15, 0.2) is 0 Å². The van der Waals surface area contributed by atoms with E-state index in [-0.39, 0.29) is 0 Å². The Bertz CT molecular complexity index is 624. The maximum absolute atomic E-state index is 8.88. The molecule has 1 fully saturated rings. The molecule has 1 saturated heterocycles. The van der Waals surface area contributed by atoms with Gasteiger partial charge < -0.3 is 10.1 Å². The van der Waals surface area contributed by atoms with E-state index in [1.165, 1.54) is 5.56 Å². The fraction of sp³-hybridized carbons (Fsp3) is 0.312. The average Bonchev–Trinajstić information content (AvgIpc) is 2.97. The van der Waals surface area contributed by atoms with Crippen molar-refractivity contribution in [3.63, 3.8) is 0 Å². The number of fused-ring (bicyclic) bond motifs is 1. The van der Waals surface area contributed by atoms with Crippen molar-refractivity contribution < 1.29 is 4.74 Å². The average molecular weight is 252 g/mol. The predicted molar refractivity (Wildman–Crippen MR) is 74.7 cm³/mol. The molecule has 2 aromatic carbocycles. The van der Waals surface area contributed by atoms with E-state index >= 15 is 0 Å². The van der Waals surface area contributed by atoms with Gasteiger partial charge in [-0.15, -0.1) is 0 Å². The summed E-state index contributed by atoms with van der Waals surface area (Å²) in [4.78, 5) is 0. The molecule has 0 spiro atoms. The molecule has 1 aliphatic heterocycles. The molecule has 3 heteroatoms. The summed E-state index contributed by atoms with van der Waals surface area (Å²) < 4.78 is 5.87. The van der Waals surface area contributed by atoms with Gasteiger partial charge in [-0.2, -0.15) is 5.26 Å². The highest BCUT2D eigenvalue weighted by molar-refractivity contribution is 5.84. The number of hydrogen-bond acceptors (Lipinski definition) is 3. The van der Waals surface area contributed by atoms with Gasteiger partial charge in [0.2, 0.25) is 0 Å². The second kappa shape index (κ2) is 5.40. The van der Waals surface area contributed by atoms with Gasteiger partial charge in [-0.3, -0.25) is 0 Å². The van der Waals surface area contributed by atoms with E-state index < -0.39 is 0 Å². The SMILES string of the molecule is N#Cc1ccc2cc(COC3CCNC3)ccc2c1. The van der Waals surface area contributed by atoms with Crippen LogP contribution in [0.25, 0.3) is 10.8 Å². The van der Waals surface area contributed by atoms with Gasteiger partial charge in [0.1, 0.15) is 0 Å². The van der Waals surface area contributed by atoms with Gasteiger partial charge in [-0.25, -0.2) is 0 Å². The molecule has 0 radical (unpaired) electrons. The number of nitrogens with one attached hydrogen (secondary N) is 1. The summed E-state index contributed by atoms with van der Waals surface area (Å²) in [7, 11) is 0. The molecule has 96 valence electrons. The molecule has 0 saturated carbocycles. The van der Waals surface area contributed by atoms with Gasteiger partial charge in [0.05, 0.1) is 24.3 Å². The Morgan fingerprint density at radius 2 is 2.05 bits per heavy atom. The second-order valence-corrected chi connectivity index (χ2v) is 4.93. The first-order valence-electron chi connectivity index (χ1n) is 6.60. The first-order valence-corrected chi connectivity index (χ1v) is 6.60. The molecule has 1 N–H and O–H groups in total. The minimum Gasteiger partial charge on any atom is -0.372 e. The molecule has 0 amide bonds. The largest absolute Gasteiger partial charge is 0.372 e. The lowest BCUT2D eigenvalue weighted by molar-refractivity contribution is 0.0543. The zero-order chi connectivity index (χ0) is 13.1. The van der Waals surface area contributed by atoms with Crippen LogP contribution in [0.2, 0.25) is 0 Å². The standard InChI is InChI=1S/C16H16N2O/c17-9-12-1-3-15-8-13(2-4-14(15)7-12)11-19-16-5-6-18-10-16/h1-4,7-8,16,18H,5-6,10-11H2. The Morgan fingerprint density at radius 1 is 1.21 bits per heavy atom. The first kappa shape index (κ1) is 12.2. The third-order valence-corrected chi connectivity index (χ3v) is 3.53. The molecule has 1 aliphatic rings. The van der Waals surface area contributed by atoms with Crippen molar-refractivity contribution in [2.75, 3.05) is 13.1 Å². The van der Waals surface area contributed by atoms with Crippen LogP contribution in [0.15, 0.2) is 36.4 Å². The Kier molecular flexibility index (Phi) is 3.45. The Morgan fingerprint density at radius 3 is 2.84 bits per heavy atom. The summed E-state index contributed by atoms with van der Waals surface area (Å²) in [6.45, 7) is 2.67. The maximum Gasteiger partial charge on any atom is 0.0991 e. The molecular formula is C16H16N2O. The van der Waals surface area contributed by atoms with Crippen molar-refractivity contribution in [3.05, 3.63) is 47.5 Å². The zero-order valence-electron chi connectivity index (χ0n) is 10.7. The quantitative estimate of drug-likeness (QED) is 0.913. The van der Waals surface area contributed by atoms with Gasteiger partial charge >= 0.3 is 0 Å². The summed E-state index contributed by atoms with van der Waals surface area (Å²) in [5.74, 6) is 0. The number of benzene rings is 2. The van der Waals surface area contributed by atoms with Gasteiger partial charge in [0.25, 0.3) is 0 Å². The molecule has 19 heavy (non-hydrogen) atoms. The Hall–Kier alpha value is -1.89. The topological polar surface area (TPSA) is 45.0 Å². The van der Waals surface area contributed by atoms with E-state index in [1.54, 1.807) is 0 Å². The van der Waals surface area contributed by atoms with Crippen molar-refractivity contribution in [1.82, 2.24) is 5.32 Å². The van der Waals surface area contributed by atoms with Crippen LogP contribution >= 0.6 is 0 Å². The Labute approximate surface area is 112 Å². The van der Waals surface area contributed by atoms with E-state index in [0.29, 0.717) is 18.3 Å². The summed E-state index contributed by atoms with van der Waals surface area (Å²) in [6, 6.07) is 14.2. The number of ether oxygens (including phenoxy) is 1. The second-order valence-electron chi connectivity index (χ2n) is 4.93. The first-order chi connectivity index (χ1) is 9.35. The molecule has 0 aliphatic carbocycles. The molecular weight excluding hydrogens is 236 g/mol. The summed E-state index contributed by atoms with van der Waals surface area (Å²) in [5, 5.41) is 14.4. The summed E-state index contributed by atoms with van der Waals surface area (Å²) in [5.41, 5.74) is 1.89. The fourth-order valence-corrected chi connectivity index (χ4v) is 2.44. The normalized spacial score (nSPS) is 18.6. The number of rotatable bonds is 3. The number of hydrogen-bond donors (Lipinski definition) is 1.